The Balaban J connectivity index is 2.83. The third-order valence-electron chi connectivity index (χ3n) is 1.67. The Morgan fingerprint density at radius 3 is 3.00 bits per heavy atom. The highest BCUT2D eigenvalue weighted by atomic mass is 32.2. The van der Waals surface area contributed by atoms with Crippen LogP contribution in [0.3, 0.4) is 0 Å². The van der Waals surface area contributed by atoms with Crippen molar-refractivity contribution >= 4 is 22.0 Å². The molecule has 0 aliphatic heterocycles. The zero-order valence-corrected chi connectivity index (χ0v) is 7.36. The molecule has 2 aromatic heterocycles. The first kappa shape index (κ1) is 8.28. The Labute approximate surface area is 76.9 Å². The first-order valence-corrected chi connectivity index (χ1v) is 4.69. The molecule has 1 unspecified atom stereocenters. The molecule has 0 amide bonds. The zero-order chi connectivity index (χ0) is 9.26. The van der Waals surface area contributed by atoms with E-state index >= 15 is 0 Å². The highest BCUT2D eigenvalue weighted by molar-refractivity contribution is 7.79. The van der Waals surface area contributed by atoms with Gasteiger partial charge in [0, 0.05) is 24.0 Å². The van der Waals surface area contributed by atoms with Crippen molar-refractivity contribution in [3.05, 3.63) is 30.7 Å². The van der Waals surface area contributed by atoms with Crippen LogP contribution < -0.4 is 0 Å². The summed E-state index contributed by atoms with van der Waals surface area (Å²) in [6, 6.07) is 3.56. The van der Waals surface area contributed by atoms with Crippen molar-refractivity contribution < 1.29 is 8.76 Å². The topological polar surface area (TPSA) is 63.1 Å². The number of rotatable bonds is 1. The van der Waals surface area contributed by atoms with Gasteiger partial charge in [-0.25, -0.2) is 4.21 Å². The molecule has 0 saturated carbocycles. The van der Waals surface area contributed by atoms with Crippen LogP contribution in [0.15, 0.2) is 35.6 Å². The fraction of sp³-hybridized carbons (Fsp3) is 0. The van der Waals surface area contributed by atoms with E-state index in [1.54, 1.807) is 24.5 Å². The van der Waals surface area contributed by atoms with Gasteiger partial charge in [-0.15, -0.1) is 0 Å². The molecule has 2 rings (SSSR count). The number of nitrogens with zero attached hydrogens (tertiary/aromatic N) is 2. The third kappa shape index (κ3) is 1.43. The summed E-state index contributed by atoms with van der Waals surface area (Å²) < 4.78 is 19.8. The summed E-state index contributed by atoms with van der Waals surface area (Å²) in [6.45, 7) is 0. The van der Waals surface area contributed by atoms with Crippen LogP contribution in [0, 0.1) is 0 Å². The lowest BCUT2D eigenvalue weighted by Gasteiger charge is -1.99. The van der Waals surface area contributed by atoms with Gasteiger partial charge in [0.05, 0.1) is 5.52 Å². The molecule has 13 heavy (non-hydrogen) atoms. The van der Waals surface area contributed by atoms with E-state index in [0.29, 0.717) is 5.52 Å². The summed E-state index contributed by atoms with van der Waals surface area (Å²) in [7, 11) is 0. The van der Waals surface area contributed by atoms with Gasteiger partial charge in [0.2, 0.25) is 0 Å². The van der Waals surface area contributed by atoms with E-state index in [4.69, 9.17) is 4.55 Å². The molecule has 2 heterocycles. The van der Waals surface area contributed by atoms with Gasteiger partial charge in [-0.1, -0.05) is 0 Å². The summed E-state index contributed by atoms with van der Waals surface area (Å²) >= 11 is -2.03. The lowest BCUT2D eigenvalue weighted by Crippen LogP contribution is -1.93. The van der Waals surface area contributed by atoms with E-state index in [9.17, 15) is 4.21 Å². The predicted molar refractivity (Wildman–Crippen MR) is 48.6 cm³/mol. The quantitative estimate of drug-likeness (QED) is 0.693. The third-order valence-corrected chi connectivity index (χ3v) is 2.34. The van der Waals surface area contributed by atoms with Crippen molar-refractivity contribution in [2.24, 2.45) is 0 Å². The van der Waals surface area contributed by atoms with Crippen LogP contribution in [0.25, 0.3) is 10.9 Å². The molecule has 1 N–H and O–H groups in total. The van der Waals surface area contributed by atoms with E-state index in [1.807, 2.05) is 0 Å². The Bertz CT molecular complexity index is 467. The maximum atomic E-state index is 10.8. The minimum Gasteiger partial charge on any atom is -0.302 e. The summed E-state index contributed by atoms with van der Waals surface area (Å²) in [5.41, 5.74) is 0.526. The van der Waals surface area contributed by atoms with Crippen molar-refractivity contribution in [3.8, 4) is 0 Å². The monoisotopic (exact) mass is 194 g/mol. The lowest BCUT2D eigenvalue weighted by molar-refractivity contribution is 0.565. The number of hydrogen-bond acceptors (Lipinski definition) is 3. The Morgan fingerprint density at radius 1 is 1.38 bits per heavy atom. The summed E-state index contributed by atoms with van der Waals surface area (Å²) in [5.74, 6) is 0. The summed E-state index contributed by atoms with van der Waals surface area (Å²) in [5, 5.41) is 0.766. The van der Waals surface area contributed by atoms with Gasteiger partial charge in [0.25, 0.3) is 0 Å². The Kier molecular flexibility index (Phi) is 2.03. The maximum Gasteiger partial charge on any atom is 0.190 e. The van der Waals surface area contributed by atoms with E-state index < -0.39 is 11.1 Å². The number of hydrogen-bond donors (Lipinski definition) is 1. The average molecular weight is 194 g/mol. The predicted octanol–water partition coefficient (Wildman–Crippen LogP) is 1.21. The van der Waals surface area contributed by atoms with Crippen molar-refractivity contribution in [2.45, 2.75) is 4.90 Å². The molecule has 66 valence electrons. The van der Waals surface area contributed by atoms with Crippen LogP contribution in [0.1, 0.15) is 0 Å². The molecule has 0 aromatic carbocycles. The number of fused-ring (bicyclic) bond motifs is 1. The Hall–Kier alpha value is -1.33. The molecular weight excluding hydrogens is 188 g/mol. The fourth-order valence-electron chi connectivity index (χ4n) is 1.10. The minimum atomic E-state index is -2.03. The largest absolute Gasteiger partial charge is 0.302 e. The second-order valence-electron chi connectivity index (χ2n) is 2.46. The molecule has 0 spiro atoms. The Morgan fingerprint density at radius 2 is 2.23 bits per heavy atom. The average Bonchev–Trinajstić information content (AvgIpc) is 2.17. The van der Waals surface area contributed by atoms with Crippen molar-refractivity contribution in [1.82, 2.24) is 9.97 Å². The molecule has 0 aliphatic carbocycles. The van der Waals surface area contributed by atoms with Gasteiger partial charge < -0.3 is 4.55 Å². The molecule has 0 fully saturated rings. The van der Waals surface area contributed by atoms with Gasteiger partial charge in [-0.3, -0.25) is 9.97 Å². The second-order valence-corrected chi connectivity index (χ2v) is 3.40. The first-order chi connectivity index (χ1) is 6.29. The first-order valence-electron chi connectivity index (χ1n) is 3.58. The standard InChI is InChI=1S/C8H6N2O2S/c11-13(12)7-5-9-4-6-2-1-3-10-8(6)7/h1-5H,(H,11,12). The van der Waals surface area contributed by atoms with E-state index in [2.05, 4.69) is 9.97 Å². The van der Waals surface area contributed by atoms with Crippen LogP contribution in [0.2, 0.25) is 0 Å². The molecule has 0 saturated heterocycles. The lowest BCUT2D eigenvalue weighted by atomic mass is 10.3. The summed E-state index contributed by atoms with van der Waals surface area (Å²) in [4.78, 5) is 8.10. The molecular formula is C8H6N2O2S. The van der Waals surface area contributed by atoms with Crippen LogP contribution >= 0.6 is 0 Å². The molecule has 2 aromatic rings. The van der Waals surface area contributed by atoms with Gasteiger partial charge >= 0.3 is 0 Å². The van der Waals surface area contributed by atoms with Gasteiger partial charge in [0.1, 0.15) is 4.90 Å². The van der Waals surface area contributed by atoms with Gasteiger partial charge in [-0.05, 0) is 12.1 Å². The van der Waals surface area contributed by atoms with Crippen molar-refractivity contribution in [3.63, 3.8) is 0 Å². The van der Waals surface area contributed by atoms with Crippen LogP contribution in [-0.4, -0.2) is 18.7 Å². The number of aromatic nitrogens is 2. The molecule has 0 radical (unpaired) electrons. The number of pyridine rings is 2. The molecule has 5 heteroatoms. The van der Waals surface area contributed by atoms with Gasteiger partial charge in [-0.2, -0.15) is 0 Å². The second kappa shape index (κ2) is 3.20. The van der Waals surface area contributed by atoms with Crippen molar-refractivity contribution in [2.75, 3.05) is 0 Å². The van der Waals surface area contributed by atoms with E-state index in [0.717, 1.165) is 5.39 Å². The van der Waals surface area contributed by atoms with Crippen LogP contribution in [-0.2, 0) is 11.1 Å². The zero-order valence-electron chi connectivity index (χ0n) is 6.54. The smallest absolute Gasteiger partial charge is 0.190 e. The highest BCUT2D eigenvalue weighted by Crippen LogP contribution is 2.16. The van der Waals surface area contributed by atoms with Gasteiger partial charge in [0.15, 0.2) is 11.1 Å². The van der Waals surface area contributed by atoms with E-state index in [1.165, 1.54) is 6.20 Å². The minimum absolute atomic E-state index is 0.248. The van der Waals surface area contributed by atoms with E-state index in [-0.39, 0.29) is 4.90 Å². The molecule has 0 aliphatic rings. The maximum absolute atomic E-state index is 10.8. The van der Waals surface area contributed by atoms with Crippen molar-refractivity contribution in [1.29, 1.82) is 0 Å². The molecule has 0 bridgehead atoms. The summed E-state index contributed by atoms with van der Waals surface area (Å²) in [6.07, 6.45) is 4.54. The molecule has 1 atom stereocenters. The SMILES string of the molecule is O=S(O)c1cncc2cccnc12. The van der Waals surface area contributed by atoms with Crippen LogP contribution in [0.4, 0.5) is 0 Å². The highest BCUT2D eigenvalue weighted by Gasteiger charge is 2.06. The van der Waals surface area contributed by atoms with Crippen LogP contribution in [0.5, 0.6) is 0 Å². The fourth-order valence-corrected chi connectivity index (χ4v) is 1.59. The molecule has 4 nitrogen and oxygen atoms in total. The normalized spacial score (nSPS) is 13.0.